The molecule has 31 heavy (non-hydrogen) atoms. The van der Waals surface area contributed by atoms with Crippen LogP contribution in [0.3, 0.4) is 0 Å². The molecule has 0 heterocycles. The molecular formula is C24H24FN3O3. The van der Waals surface area contributed by atoms with E-state index in [1.54, 1.807) is 6.07 Å². The van der Waals surface area contributed by atoms with Gasteiger partial charge in [-0.05, 0) is 34.0 Å². The number of rotatable bonds is 8. The lowest BCUT2D eigenvalue weighted by Crippen LogP contribution is -2.54. The van der Waals surface area contributed by atoms with Crippen LogP contribution in [-0.2, 0) is 27.2 Å². The average molecular weight is 421 g/mol. The third kappa shape index (κ3) is 5.88. The van der Waals surface area contributed by atoms with Crippen LogP contribution < -0.4 is 16.4 Å². The van der Waals surface area contributed by atoms with Crippen molar-refractivity contribution >= 4 is 28.5 Å². The first-order valence-corrected chi connectivity index (χ1v) is 9.91. The van der Waals surface area contributed by atoms with Crippen LogP contribution in [0.5, 0.6) is 0 Å². The maximum Gasteiger partial charge on any atom is 0.243 e. The van der Waals surface area contributed by atoms with E-state index in [1.807, 2.05) is 42.5 Å². The Bertz CT molecular complexity index is 1110. The van der Waals surface area contributed by atoms with Crippen molar-refractivity contribution in [1.82, 2.24) is 10.6 Å². The van der Waals surface area contributed by atoms with Crippen LogP contribution in [0.1, 0.15) is 18.1 Å². The fourth-order valence-electron chi connectivity index (χ4n) is 3.54. The van der Waals surface area contributed by atoms with E-state index in [-0.39, 0.29) is 12.8 Å². The lowest BCUT2D eigenvalue weighted by Gasteiger charge is -2.22. The average Bonchev–Trinajstić information content (AvgIpc) is 2.72. The molecule has 0 aliphatic rings. The van der Waals surface area contributed by atoms with Gasteiger partial charge >= 0.3 is 0 Å². The van der Waals surface area contributed by atoms with Gasteiger partial charge in [0.15, 0.2) is 0 Å². The van der Waals surface area contributed by atoms with E-state index in [0.29, 0.717) is 5.56 Å². The summed E-state index contributed by atoms with van der Waals surface area (Å²) in [6.45, 7) is 1.29. The molecule has 3 rings (SSSR count). The topological polar surface area (TPSA) is 101 Å². The van der Waals surface area contributed by atoms with Gasteiger partial charge in [0.2, 0.25) is 17.7 Å². The Labute approximate surface area is 179 Å². The number of benzene rings is 3. The maximum atomic E-state index is 13.5. The van der Waals surface area contributed by atoms with Gasteiger partial charge in [0.25, 0.3) is 0 Å². The van der Waals surface area contributed by atoms with Gasteiger partial charge in [-0.3, -0.25) is 14.4 Å². The van der Waals surface area contributed by atoms with E-state index < -0.39 is 35.6 Å². The molecule has 0 fully saturated rings. The van der Waals surface area contributed by atoms with Gasteiger partial charge in [0.1, 0.15) is 17.9 Å². The number of fused-ring (bicyclic) bond motifs is 1. The van der Waals surface area contributed by atoms with E-state index >= 15 is 0 Å². The molecule has 6 nitrogen and oxygen atoms in total. The van der Waals surface area contributed by atoms with Crippen molar-refractivity contribution in [2.45, 2.75) is 31.8 Å². The zero-order valence-electron chi connectivity index (χ0n) is 17.1. The normalized spacial score (nSPS) is 12.7. The summed E-state index contributed by atoms with van der Waals surface area (Å²) in [6, 6.07) is 17.3. The third-order valence-corrected chi connectivity index (χ3v) is 4.99. The van der Waals surface area contributed by atoms with Crippen LogP contribution in [0.15, 0.2) is 66.7 Å². The molecule has 2 atom stereocenters. The lowest BCUT2D eigenvalue weighted by atomic mass is 9.98. The lowest BCUT2D eigenvalue weighted by molar-refractivity contribution is -0.130. The Morgan fingerprint density at radius 1 is 0.903 bits per heavy atom. The number of hydrogen-bond acceptors (Lipinski definition) is 3. The highest BCUT2D eigenvalue weighted by molar-refractivity contribution is 5.92. The first-order valence-electron chi connectivity index (χ1n) is 9.91. The number of hydrogen-bond donors (Lipinski definition) is 3. The maximum absolute atomic E-state index is 13.5. The Hall–Kier alpha value is -3.74. The van der Waals surface area contributed by atoms with Crippen molar-refractivity contribution in [2.24, 2.45) is 5.73 Å². The fourth-order valence-corrected chi connectivity index (χ4v) is 3.54. The molecule has 7 heteroatoms. The summed E-state index contributed by atoms with van der Waals surface area (Å²) in [5.74, 6) is -2.11. The summed E-state index contributed by atoms with van der Waals surface area (Å²) in [7, 11) is 0. The minimum Gasteiger partial charge on any atom is -0.368 e. The standard InChI is InChI=1S/C24H24FN3O3/c1-15(29)27-22(13-16-6-4-10-19(25)12-16)24(31)28-21(23(26)30)14-18-9-5-8-17-7-2-3-11-20(17)18/h2-12,21-22H,13-14H2,1H3,(H2,26,30)(H,27,29)(H,28,31)/t21-,22+/m1/s1. The molecule has 0 radical (unpaired) electrons. The second-order valence-electron chi connectivity index (χ2n) is 7.39. The second kappa shape index (κ2) is 9.84. The Balaban J connectivity index is 1.79. The van der Waals surface area contributed by atoms with Gasteiger partial charge < -0.3 is 16.4 Å². The molecule has 0 aliphatic heterocycles. The van der Waals surface area contributed by atoms with Gasteiger partial charge in [0.05, 0.1) is 0 Å². The van der Waals surface area contributed by atoms with Crippen LogP contribution in [-0.4, -0.2) is 29.8 Å². The molecular weight excluding hydrogens is 397 g/mol. The van der Waals surface area contributed by atoms with E-state index in [0.717, 1.165) is 16.3 Å². The van der Waals surface area contributed by atoms with Gasteiger partial charge in [-0.15, -0.1) is 0 Å². The van der Waals surface area contributed by atoms with Crippen LogP contribution in [0.4, 0.5) is 4.39 Å². The quantitative estimate of drug-likeness (QED) is 0.520. The number of halogens is 1. The molecule has 0 saturated carbocycles. The monoisotopic (exact) mass is 421 g/mol. The molecule has 0 aromatic heterocycles. The summed E-state index contributed by atoms with van der Waals surface area (Å²) in [6.07, 6.45) is 0.276. The molecule has 4 N–H and O–H groups in total. The Morgan fingerprint density at radius 2 is 1.61 bits per heavy atom. The summed E-state index contributed by atoms with van der Waals surface area (Å²) >= 11 is 0. The number of nitrogens with two attached hydrogens (primary N) is 1. The summed E-state index contributed by atoms with van der Waals surface area (Å²) in [5.41, 5.74) is 6.96. The number of nitrogens with one attached hydrogen (secondary N) is 2. The SMILES string of the molecule is CC(=O)N[C@@H](Cc1cccc(F)c1)C(=O)N[C@H](Cc1cccc2ccccc12)C(N)=O. The number of primary amides is 1. The number of carbonyl (C=O) groups excluding carboxylic acids is 3. The van der Waals surface area contributed by atoms with E-state index in [9.17, 15) is 18.8 Å². The van der Waals surface area contributed by atoms with Gasteiger partial charge in [-0.1, -0.05) is 54.6 Å². The number of carbonyl (C=O) groups is 3. The van der Waals surface area contributed by atoms with Crippen LogP contribution in [0.2, 0.25) is 0 Å². The molecule has 3 aromatic rings. The van der Waals surface area contributed by atoms with Crippen molar-refractivity contribution in [3.8, 4) is 0 Å². The first-order chi connectivity index (χ1) is 14.8. The first kappa shape index (κ1) is 22.0. The zero-order valence-corrected chi connectivity index (χ0v) is 17.1. The highest BCUT2D eigenvalue weighted by Gasteiger charge is 2.26. The van der Waals surface area contributed by atoms with Crippen molar-refractivity contribution in [1.29, 1.82) is 0 Å². The van der Waals surface area contributed by atoms with Gasteiger partial charge in [-0.25, -0.2) is 4.39 Å². The smallest absolute Gasteiger partial charge is 0.243 e. The van der Waals surface area contributed by atoms with Crippen LogP contribution >= 0.6 is 0 Å². The van der Waals surface area contributed by atoms with Crippen LogP contribution in [0.25, 0.3) is 10.8 Å². The van der Waals surface area contributed by atoms with Crippen molar-refractivity contribution in [3.63, 3.8) is 0 Å². The zero-order chi connectivity index (χ0) is 22.4. The fraction of sp³-hybridized carbons (Fsp3) is 0.208. The molecule has 0 bridgehead atoms. The molecule has 0 unspecified atom stereocenters. The summed E-state index contributed by atoms with van der Waals surface area (Å²) < 4.78 is 13.5. The van der Waals surface area contributed by atoms with Crippen LogP contribution in [0, 0.1) is 5.82 Å². The van der Waals surface area contributed by atoms with E-state index in [2.05, 4.69) is 10.6 Å². The molecule has 0 saturated heterocycles. The van der Waals surface area contributed by atoms with Crippen molar-refractivity contribution in [3.05, 3.63) is 83.7 Å². The predicted molar refractivity (Wildman–Crippen MR) is 116 cm³/mol. The molecule has 3 amide bonds. The number of amides is 3. The molecule has 0 aliphatic carbocycles. The molecule has 0 spiro atoms. The van der Waals surface area contributed by atoms with Crippen molar-refractivity contribution in [2.75, 3.05) is 0 Å². The Morgan fingerprint density at radius 3 is 2.32 bits per heavy atom. The van der Waals surface area contributed by atoms with Crippen molar-refractivity contribution < 1.29 is 18.8 Å². The van der Waals surface area contributed by atoms with Gasteiger partial charge in [0, 0.05) is 19.8 Å². The van der Waals surface area contributed by atoms with Gasteiger partial charge in [-0.2, -0.15) is 0 Å². The summed E-state index contributed by atoms with van der Waals surface area (Å²) in [4.78, 5) is 36.6. The highest BCUT2D eigenvalue weighted by atomic mass is 19.1. The minimum absolute atomic E-state index is 0.0723. The highest BCUT2D eigenvalue weighted by Crippen LogP contribution is 2.20. The predicted octanol–water partition coefficient (Wildman–Crippen LogP) is 2.24. The third-order valence-electron chi connectivity index (χ3n) is 4.99. The largest absolute Gasteiger partial charge is 0.368 e. The minimum atomic E-state index is -0.978. The summed E-state index contributed by atoms with van der Waals surface area (Å²) in [5, 5.41) is 7.18. The second-order valence-corrected chi connectivity index (χ2v) is 7.39. The molecule has 3 aromatic carbocycles. The van der Waals surface area contributed by atoms with E-state index in [4.69, 9.17) is 5.73 Å². The van der Waals surface area contributed by atoms with E-state index in [1.165, 1.54) is 25.1 Å². The Kier molecular flexibility index (Phi) is 6.97. The molecule has 160 valence electrons.